The summed E-state index contributed by atoms with van der Waals surface area (Å²) in [7, 11) is 1.30. The molecule has 0 radical (unpaired) electrons. The number of alkyl carbamates (subject to hydrolysis) is 3. The Hall–Kier alpha value is -7.21. The van der Waals surface area contributed by atoms with Gasteiger partial charge < -0.3 is 85.1 Å². The second kappa shape index (κ2) is 27.9. The van der Waals surface area contributed by atoms with Crippen molar-refractivity contribution in [2.24, 2.45) is 5.92 Å². The highest BCUT2D eigenvalue weighted by Crippen LogP contribution is 2.39. The topological polar surface area (TPSA) is 375 Å². The Bertz CT molecular complexity index is 2720. The number of carbonyl (C=O) groups excluding carboxylic acids is 7. The van der Waals surface area contributed by atoms with E-state index >= 15 is 0 Å². The molecule has 1 saturated carbocycles. The number of aliphatic hydroxyl groups is 4. The lowest BCUT2D eigenvalue weighted by Gasteiger charge is -2.52. The predicted octanol–water partition coefficient (Wildman–Crippen LogP) is 3.26. The minimum absolute atomic E-state index is 0.0143. The number of ether oxygens (including phenoxy) is 7. The van der Waals surface area contributed by atoms with Crippen LogP contribution in [0.5, 0.6) is 0 Å². The quantitative estimate of drug-likeness (QED) is 0.0302. The highest BCUT2D eigenvalue weighted by Gasteiger charge is 2.56. The molecular formula is C57H82N8O20. The van der Waals surface area contributed by atoms with Gasteiger partial charge in [-0.1, -0.05) is 12.1 Å². The molecule has 28 heteroatoms. The van der Waals surface area contributed by atoms with E-state index in [1.165, 1.54) is 38.2 Å². The molecule has 12 atom stereocenters. The summed E-state index contributed by atoms with van der Waals surface area (Å²) in [5.74, 6) is -3.07. The number of nitro groups is 1. The maximum Gasteiger partial charge on any atom is 0.410 e. The number of fused-ring (bicyclic) bond motifs is 1. The summed E-state index contributed by atoms with van der Waals surface area (Å²) in [5, 5.41) is 73.3. The van der Waals surface area contributed by atoms with Crippen molar-refractivity contribution in [3.8, 4) is 0 Å². The SMILES string of the molecule is CN(C(=O)OC(C)(C)C)[C@@H]1[C@@H](O)[C@@H](O[C@@H]2[C@@H](O)[C@H](C3OC(CNC(=O)OCc4ccc([N+](=O)[O-])cc4)=CC[C@H]3NCCCN3C(=O)c4ccccc4C3=O)[C@@H](NC(=O)OC(C)(C)C)C[C@H]2NC(=O)[C@@H](O)CCNC(=O)OC(C)(C)C)OC[C@]1(C)O. The van der Waals surface area contributed by atoms with Gasteiger partial charge in [-0.25, -0.2) is 19.2 Å². The van der Waals surface area contributed by atoms with Gasteiger partial charge in [-0.2, -0.15) is 0 Å². The van der Waals surface area contributed by atoms with Crippen LogP contribution in [-0.2, 0) is 44.6 Å². The van der Waals surface area contributed by atoms with Crippen LogP contribution in [0, 0.1) is 16.0 Å². The van der Waals surface area contributed by atoms with Gasteiger partial charge in [0.2, 0.25) is 5.91 Å². The zero-order chi connectivity index (χ0) is 62.9. The van der Waals surface area contributed by atoms with Crippen molar-refractivity contribution in [1.82, 2.24) is 36.4 Å². The van der Waals surface area contributed by atoms with Crippen molar-refractivity contribution in [2.75, 3.05) is 39.8 Å². The first-order valence-corrected chi connectivity index (χ1v) is 28.1. The fraction of sp³-hybridized carbons (Fsp3) is 0.632. The van der Waals surface area contributed by atoms with E-state index in [1.54, 1.807) is 92.7 Å². The number of hydrogen-bond acceptors (Lipinski definition) is 21. The molecule has 3 aliphatic heterocycles. The molecule has 2 aromatic rings. The highest BCUT2D eigenvalue weighted by molar-refractivity contribution is 6.21. The van der Waals surface area contributed by atoms with Crippen LogP contribution in [0.4, 0.5) is 24.9 Å². The van der Waals surface area contributed by atoms with Crippen LogP contribution in [0.15, 0.2) is 60.4 Å². The molecule has 7 amide bonds. The maximum absolute atomic E-state index is 14.1. The Balaban J connectivity index is 1.34. The molecule has 4 aliphatic rings. The molecule has 9 N–H and O–H groups in total. The number of rotatable bonds is 20. The summed E-state index contributed by atoms with van der Waals surface area (Å²) in [6.07, 6.45) is -12.4. The number of imide groups is 1. The van der Waals surface area contributed by atoms with Crippen LogP contribution in [0.1, 0.15) is 121 Å². The van der Waals surface area contributed by atoms with Crippen molar-refractivity contribution >= 4 is 47.8 Å². The van der Waals surface area contributed by atoms with E-state index in [0.717, 1.165) is 9.80 Å². The number of carbonyl (C=O) groups is 7. The summed E-state index contributed by atoms with van der Waals surface area (Å²) < 4.78 is 41.1. The fourth-order valence-corrected chi connectivity index (χ4v) is 10.4. The number of nitrogens with one attached hydrogen (secondary N) is 5. The van der Waals surface area contributed by atoms with Crippen molar-refractivity contribution in [1.29, 1.82) is 0 Å². The lowest BCUT2D eigenvalue weighted by molar-refractivity contribution is -0.384. The Labute approximate surface area is 492 Å². The third kappa shape index (κ3) is 18.4. The van der Waals surface area contributed by atoms with Gasteiger partial charge in [-0.05, 0) is 137 Å². The van der Waals surface area contributed by atoms with Crippen molar-refractivity contribution in [2.45, 2.75) is 185 Å². The molecule has 1 unspecified atom stereocenters. The van der Waals surface area contributed by atoms with E-state index in [2.05, 4.69) is 26.6 Å². The number of benzene rings is 2. The average Bonchev–Trinajstić information content (AvgIpc) is 1.48. The summed E-state index contributed by atoms with van der Waals surface area (Å²) >= 11 is 0. The third-order valence-corrected chi connectivity index (χ3v) is 14.1. The largest absolute Gasteiger partial charge is 0.491 e. The minimum Gasteiger partial charge on any atom is -0.491 e. The van der Waals surface area contributed by atoms with E-state index in [1.807, 2.05) is 0 Å². The summed E-state index contributed by atoms with van der Waals surface area (Å²) in [4.78, 5) is 106. The van der Waals surface area contributed by atoms with Crippen LogP contribution in [-0.4, -0.2) is 200 Å². The third-order valence-electron chi connectivity index (χ3n) is 14.1. The standard InChI is InChI=1S/C57H82N8O20/c1-54(2,3)83-51(73)59-25-23-39(66)46(69)61-38-27-37(62-52(74)84-55(4,5)6)40(41(67)44(38)82-49-42(68)45(57(10,76)30-80-49)63(11)53(75)85-56(7,8)9)43-36(58-24-14-26-64-47(70)34-15-12-13-16-35(34)48(64)71)22-21-33(81-43)28-60-50(72)79-29-31-17-19-32(20-18-31)65(77)78/h12-13,15-21,36-45,49,58,66-68,76H,14,22-30H2,1-11H3,(H,59,73)(H,60,72)(H,61,69)(H,62,74)/t36-,37+,38-,39+,40-,41+,42-,43?,44+,45-,49-,57+/m1/s1. The number of likely N-dealkylation sites (N-methyl/N-ethyl adjacent to an activating group) is 1. The first kappa shape index (κ1) is 66.9. The van der Waals surface area contributed by atoms with Crippen molar-refractivity contribution in [3.63, 3.8) is 0 Å². The van der Waals surface area contributed by atoms with Gasteiger partial charge in [0.05, 0.1) is 47.4 Å². The second-order valence-corrected chi connectivity index (χ2v) is 24.6. The average molecular weight is 1200 g/mol. The Morgan fingerprint density at radius 2 is 1.44 bits per heavy atom. The minimum atomic E-state index is -1.92. The Morgan fingerprint density at radius 1 is 0.824 bits per heavy atom. The van der Waals surface area contributed by atoms with Crippen LogP contribution in [0.3, 0.4) is 0 Å². The molecule has 1 aliphatic carbocycles. The molecule has 0 spiro atoms. The first-order valence-electron chi connectivity index (χ1n) is 28.1. The molecule has 2 aromatic carbocycles. The molecule has 0 bridgehead atoms. The van der Waals surface area contributed by atoms with Crippen LogP contribution >= 0.6 is 0 Å². The molecule has 0 aromatic heterocycles. The summed E-state index contributed by atoms with van der Waals surface area (Å²) in [6.45, 7) is 14.9. The van der Waals surface area contributed by atoms with E-state index in [0.29, 0.717) is 5.56 Å². The molecule has 28 nitrogen and oxygen atoms in total. The van der Waals surface area contributed by atoms with Gasteiger partial charge in [0.15, 0.2) is 6.29 Å². The monoisotopic (exact) mass is 1200 g/mol. The van der Waals surface area contributed by atoms with Gasteiger partial charge in [0.25, 0.3) is 17.5 Å². The van der Waals surface area contributed by atoms with E-state index in [9.17, 15) is 64.1 Å². The zero-order valence-corrected chi connectivity index (χ0v) is 49.8. The summed E-state index contributed by atoms with van der Waals surface area (Å²) in [5.41, 5.74) is -3.97. The van der Waals surface area contributed by atoms with Gasteiger partial charge in [0.1, 0.15) is 59.2 Å². The number of amides is 7. The Morgan fingerprint density at radius 3 is 2.04 bits per heavy atom. The second-order valence-electron chi connectivity index (χ2n) is 24.6. The normalized spacial score (nSPS) is 26.3. The molecule has 6 rings (SSSR count). The smallest absolute Gasteiger partial charge is 0.410 e. The number of nitrogens with zero attached hydrogens (tertiary/aromatic N) is 3. The van der Waals surface area contributed by atoms with Gasteiger partial charge in [-0.15, -0.1) is 0 Å². The predicted molar refractivity (Wildman–Crippen MR) is 300 cm³/mol. The molecule has 1 saturated heterocycles. The fourth-order valence-electron chi connectivity index (χ4n) is 10.4. The number of non-ortho nitro benzene ring substituents is 1. The van der Waals surface area contributed by atoms with Crippen LogP contribution in [0.2, 0.25) is 0 Å². The molecule has 2 fully saturated rings. The highest BCUT2D eigenvalue weighted by atomic mass is 16.7. The molecule has 470 valence electrons. The number of aliphatic hydroxyl groups excluding tert-OH is 3. The first-order chi connectivity index (χ1) is 39.6. The lowest BCUT2D eigenvalue weighted by atomic mass is 9.72. The number of hydrogen-bond donors (Lipinski definition) is 9. The zero-order valence-electron chi connectivity index (χ0n) is 49.8. The van der Waals surface area contributed by atoms with Gasteiger partial charge in [-0.3, -0.25) is 29.4 Å². The lowest BCUT2D eigenvalue weighted by Crippen LogP contribution is -2.71. The van der Waals surface area contributed by atoms with E-state index < -0.39 is 143 Å². The van der Waals surface area contributed by atoms with Gasteiger partial charge >= 0.3 is 24.4 Å². The maximum atomic E-state index is 14.1. The van der Waals surface area contributed by atoms with Gasteiger partial charge in [0, 0.05) is 50.3 Å². The Kier molecular flexibility index (Phi) is 21.9. The van der Waals surface area contributed by atoms with Crippen molar-refractivity contribution in [3.05, 3.63) is 87.2 Å². The van der Waals surface area contributed by atoms with Crippen molar-refractivity contribution < 1.29 is 92.1 Å². The number of nitro benzene ring substituents is 1. The van der Waals surface area contributed by atoms with Crippen LogP contribution in [0.25, 0.3) is 0 Å². The van der Waals surface area contributed by atoms with Crippen LogP contribution < -0.4 is 26.6 Å². The van der Waals surface area contributed by atoms with E-state index in [-0.39, 0.29) is 81.0 Å². The summed E-state index contributed by atoms with van der Waals surface area (Å²) in [6, 6.07) is 6.98. The molecular weight excluding hydrogens is 1120 g/mol. The molecule has 3 heterocycles. The molecule has 85 heavy (non-hydrogen) atoms. The van der Waals surface area contributed by atoms with E-state index in [4.69, 9.17) is 33.2 Å².